The van der Waals surface area contributed by atoms with Gasteiger partial charge < -0.3 is 9.63 Å². The molecule has 6 nitrogen and oxygen atoms in total. The Labute approximate surface area is 161 Å². The fraction of sp³-hybridized carbons (Fsp3) is 0.150. The number of nitrogens with zero attached hydrogens (tertiary/aromatic N) is 3. The highest BCUT2D eigenvalue weighted by Gasteiger charge is 2.39. The van der Waals surface area contributed by atoms with Crippen LogP contribution >= 0.6 is 0 Å². The minimum Gasteiger partial charge on any atom is -0.507 e. The third kappa shape index (κ3) is 3.46. The van der Waals surface area contributed by atoms with E-state index in [1.54, 1.807) is 12.1 Å². The number of alkyl halides is 3. The van der Waals surface area contributed by atoms with Crippen molar-refractivity contribution in [1.82, 2.24) is 14.7 Å². The molecule has 2 heterocycles. The molecule has 2 aromatic heterocycles. The summed E-state index contributed by atoms with van der Waals surface area (Å²) in [5.74, 6) is -0.163. The van der Waals surface area contributed by atoms with Crippen LogP contribution in [-0.4, -0.2) is 19.8 Å². The van der Waals surface area contributed by atoms with Gasteiger partial charge >= 0.3 is 6.18 Å². The van der Waals surface area contributed by atoms with Crippen molar-refractivity contribution in [2.24, 2.45) is 0 Å². The Morgan fingerprint density at radius 3 is 2.41 bits per heavy atom. The molecule has 0 spiro atoms. The van der Waals surface area contributed by atoms with Gasteiger partial charge in [0.15, 0.2) is 5.82 Å². The van der Waals surface area contributed by atoms with E-state index in [1.165, 1.54) is 12.1 Å². The Kier molecular flexibility index (Phi) is 4.57. The lowest BCUT2D eigenvalue weighted by molar-refractivity contribution is -0.141. The number of benzene rings is 2. The van der Waals surface area contributed by atoms with Gasteiger partial charge in [0.05, 0.1) is 5.56 Å². The number of phenols is 1. The first-order valence-corrected chi connectivity index (χ1v) is 8.66. The van der Waals surface area contributed by atoms with E-state index in [0.717, 1.165) is 10.1 Å². The van der Waals surface area contributed by atoms with Gasteiger partial charge in [-0.25, -0.2) is 0 Å². The van der Waals surface area contributed by atoms with Crippen LogP contribution in [0.25, 0.3) is 22.5 Å². The standard InChI is InChI=1S/C20H14F3N3O3/c21-20(22,23)16-15-18(29-25-16)24-17(13-8-4-5-9-14(13)27)26(19(15)28)11-10-12-6-2-1-3-7-12/h1-9,27H,10-11H2. The first-order chi connectivity index (χ1) is 13.9. The van der Waals surface area contributed by atoms with Crippen LogP contribution in [-0.2, 0) is 19.1 Å². The number of rotatable bonds is 4. The van der Waals surface area contributed by atoms with Crippen molar-refractivity contribution >= 4 is 11.1 Å². The second kappa shape index (κ2) is 7.08. The van der Waals surface area contributed by atoms with Crippen molar-refractivity contribution in [2.75, 3.05) is 0 Å². The van der Waals surface area contributed by atoms with Crippen LogP contribution < -0.4 is 5.56 Å². The van der Waals surface area contributed by atoms with E-state index in [2.05, 4.69) is 10.1 Å². The fourth-order valence-electron chi connectivity index (χ4n) is 3.09. The maximum Gasteiger partial charge on any atom is 0.437 e. The zero-order valence-electron chi connectivity index (χ0n) is 14.8. The lowest BCUT2D eigenvalue weighted by Crippen LogP contribution is -2.26. The average molecular weight is 401 g/mol. The molecule has 0 aliphatic heterocycles. The van der Waals surface area contributed by atoms with Gasteiger partial charge in [0.2, 0.25) is 5.69 Å². The second-order valence-corrected chi connectivity index (χ2v) is 6.35. The fourth-order valence-corrected chi connectivity index (χ4v) is 3.09. The van der Waals surface area contributed by atoms with Crippen LogP contribution in [0.3, 0.4) is 0 Å². The van der Waals surface area contributed by atoms with E-state index in [-0.39, 0.29) is 23.7 Å². The molecule has 0 aliphatic rings. The summed E-state index contributed by atoms with van der Waals surface area (Å²) in [5, 5.41) is 12.5. The lowest BCUT2D eigenvalue weighted by atomic mass is 10.1. The summed E-state index contributed by atoms with van der Waals surface area (Å²) in [6.07, 6.45) is -4.49. The van der Waals surface area contributed by atoms with Gasteiger partial charge in [-0.1, -0.05) is 47.6 Å². The third-order valence-electron chi connectivity index (χ3n) is 4.48. The molecule has 0 bridgehead atoms. The molecule has 0 amide bonds. The van der Waals surface area contributed by atoms with Gasteiger partial charge in [-0.05, 0) is 24.1 Å². The predicted molar refractivity (Wildman–Crippen MR) is 98.3 cm³/mol. The van der Waals surface area contributed by atoms with Crippen molar-refractivity contribution in [3.8, 4) is 17.1 Å². The van der Waals surface area contributed by atoms with Crippen molar-refractivity contribution in [1.29, 1.82) is 0 Å². The highest BCUT2D eigenvalue weighted by atomic mass is 19.4. The molecule has 148 valence electrons. The number of aromatic hydroxyl groups is 1. The van der Waals surface area contributed by atoms with E-state index < -0.39 is 28.5 Å². The Morgan fingerprint density at radius 2 is 1.72 bits per heavy atom. The largest absolute Gasteiger partial charge is 0.507 e. The van der Waals surface area contributed by atoms with Crippen LogP contribution in [0.15, 0.2) is 63.9 Å². The van der Waals surface area contributed by atoms with Crippen LogP contribution in [0, 0.1) is 0 Å². The van der Waals surface area contributed by atoms with Crippen LogP contribution in [0.2, 0.25) is 0 Å². The number of halogens is 3. The summed E-state index contributed by atoms with van der Waals surface area (Å²) in [4.78, 5) is 17.1. The van der Waals surface area contributed by atoms with Gasteiger partial charge in [-0.2, -0.15) is 18.2 Å². The number of para-hydroxylation sites is 1. The van der Waals surface area contributed by atoms with Crippen LogP contribution in [0.4, 0.5) is 13.2 Å². The van der Waals surface area contributed by atoms with E-state index in [9.17, 15) is 23.1 Å². The molecule has 0 atom stereocenters. The predicted octanol–water partition coefficient (Wildman–Crippen LogP) is 4.02. The van der Waals surface area contributed by atoms with Gasteiger partial charge in [-0.15, -0.1) is 0 Å². The van der Waals surface area contributed by atoms with E-state index >= 15 is 0 Å². The summed E-state index contributed by atoms with van der Waals surface area (Å²) in [5.41, 5.74) is -1.79. The summed E-state index contributed by atoms with van der Waals surface area (Å²) in [7, 11) is 0. The SMILES string of the molecule is O=c1c2c(C(F)(F)F)noc2nc(-c2ccccc2O)n1CCc1ccccc1. The number of phenolic OH excluding ortho intramolecular Hbond substituents is 1. The summed E-state index contributed by atoms with van der Waals surface area (Å²) >= 11 is 0. The number of aromatic nitrogens is 3. The molecular weight excluding hydrogens is 387 g/mol. The third-order valence-corrected chi connectivity index (χ3v) is 4.48. The smallest absolute Gasteiger partial charge is 0.437 e. The summed E-state index contributed by atoms with van der Waals surface area (Å²) in [6, 6.07) is 15.3. The molecule has 4 rings (SSSR count). The first kappa shape index (κ1) is 18.7. The minimum atomic E-state index is -4.86. The topological polar surface area (TPSA) is 81.2 Å². The van der Waals surface area contributed by atoms with E-state index in [4.69, 9.17) is 4.52 Å². The number of hydrogen-bond acceptors (Lipinski definition) is 5. The Balaban J connectivity index is 1.93. The second-order valence-electron chi connectivity index (χ2n) is 6.35. The molecule has 29 heavy (non-hydrogen) atoms. The monoisotopic (exact) mass is 401 g/mol. The molecule has 4 aromatic rings. The maximum atomic E-state index is 13.3. The van der Waals surface area contributed by atoms with Crippen LogP contribution in [0.1, 0.15) is 11.3 Å². The molecule has 0 saturated carbocycles. The zero-order valence-corrected chi connectivity index (χ0v) is 14.8. The molecule has 0 unspecified atom stereocenters. The van der Waals surface area contributed by atoms with Crippen molar-refractivity contribution < 1.29 is 22.8 Å². The molecule has 2 aromatic carbocycles. The highest BCUT2D eigenvalue weighted by molar-refractivity contribution is 5.78. The molecule has 0 saturated heterocycles. The Hall–Kier alpha value is -3.62. The van der Waals surface area contributed by atoms with Gasteiger partial charge in [-0.3, -0.25) is 9.36 Å². The first-order valence-electron chi connectivity index (χ1n) is 8.66. The number of aryl methyl sites for hydroxylation is 1. The molecule has 0 radical (unpaired) electrons. The highest BCUT2D eigenvalue weighted by Crippen LogP contribution is 2.34. The summed E-state index contributed by atoms with van der Waals surface area (Å²) in [6.45, 7) is 0.0535. The summed E-state index contributed by atoms with van der Waals surface area (Å²) < 4.78 is 45.6. The van der Waals surface area contributed by atoms with Crippen molar-refractivity contribution in [2.45, 2.75) is 19.1 Å². The Morgan fingerprint density at radius 1 is 1.03 bits per heavy atom. The van der Waals surface area contributed by atoms with Gasteiger partial charge in [0, 0.05) is 6.54 Å². The number of hydrogen-bond donors (Lipinski definition) is 1. The molecule has 0 aliphatic carbocycles. The minimum absolute atomic E-state index is 0.00130. The Bertz CT molecular complexity index is 1230. The molecule has 0 fully saturated rings. The zero-order chi connectivity index (χ0) is 20.6. The van der Waals surface area contributed by atoms with Gasteiger partial charge in [0.25, 0.3) is 11.3 Å². The lowest BCUT2D eigenvalue weighted by Gasteiger charge is -2.13. The quantitative estimate of drug-likeness (QED) is 0.559. The number of fused-ring (bicyclic) bond motifs is 1. The van der Waals surface area contributed by atoms with Gasteiger partial charge in [0.1, 0.15) is 11.1 Å². The van der Waals surface area contributed by atoms with E-state index in [1.807, 2.05) is 30.3 Å². The normalized spacial score (nSPS) is 11.8. The van der Waals surface area contributed by atoms with E-state index in [0.29, 0.717) is 6.42 Å². The molecular formula is C20H14F3N3O3. The molecule has 9 heteroatoms. The molecule has 1 N–H and O–H groups in total. The van der Waals surface area contributed by atoms with Crippen molar-refractivity contribution in [3.63, 3.8) is 0 Å². The average Bonchev–Trinajstić information content (AvgIpc) is 3.13. The maximum absolute atomic E-state index is 13.3. The van der Waals surface area contributed by atoms with Crippen LogP contribution in [0.5, 0.6) is 5.75 Å². The van der Waals surface area contributed by atoms with Crippen molar-refractivity contribution in [3.05, 3.63) is 76.2 Å².